The highest BCUT2D eigenvalue weighted by molar-refractivity contribution is 5.83. The molecule has 4 rings (SSSR count). The summed E-state index contributed by atoms with van der Waals surface area (Å²) < 4.78 is 0. The highest BCUT2D eigenvalue weighted by Crippen LogP contribution is 2.65. The van der Waals surface area contributed by atoms with Gasteiger partial charge < -0.3 is 10.4 Å². The van der Waals surface area contributed by atoms with Gasteiger partial charge in [0, 0.05) is 0 Å². The first kappa shape index (κ1) is 15.3. The van der Waals surface area contributed by atoms with Crippen molar-refractivity contribution in [3.8, 4) is 0 Å². The molecule has 3 unspecified atom stereocenters. The van der Waals surface area contributed by atoms with Crippen LogP contribution in [0.15, 0.2) is 0 Å². The van der Waals surface area contributed by atoms with Gasteiger partial charge >= 0.3 is 0 Å². The first-order valence-corrected chi connectivity index (χ1v) is 8.76. The van der Waals surface area contributed by atoms with E-state index in [1.165, 1.54) is 19.3 Å². The second-order valence-electron chi connectivity index (χ2n) is 9.03. The van der Waals surface area contributed by atoms with Gasteiger partial charge in [-0.15, -0.1) is 0 Å². The highest BCUT2D eigenvalue weighted by atomic mass is 16.3. The molecule has 0 heterocycles. The molecule has 0 radical (unpaired) electrons. The number of nitrogens with one attached hydrogen (secondary N) is 1. The zero-order valence-electron chi connectivity index (χ0n) is 13.8. The van der Waals surface area contributed by atoms with Gasteiger partial charge in [0.25, 0.3) is 0 Å². The van der Waals surface area contributed by atoms with Crippen molar-refractivity contribution < 1.29 is 9.90 Å². The molecule has 3 atom stereocenters. The van der Waals surface area contributed by atoms with E-state index in [4.69, 9.17) is 0 Å². The first-order valence-electron chi connectivity index (χ1n) is 8.76. The van der Waals surface area contributed by atoms with E-state index in [2.05, 4.69) is 26.1 Å². The number of hydrogen-bond donors (Lipinski definition) is 2. The lowest BCUT2D eigenvalue weighted by Crippen LogP contribution is -2.58. The van der Waals surface area contributed by atoms with Crippen molar-refractivity contribution in [2.45, 2.75) is 71.8 Å². The molecule has 0 aromatic heterocycles. The Kier molecular flexibility index (Phi) is 3.84. The SMILES string of the molecule is CC(C)CC(CO)NC(=O)C12CC3CC(CC(C)(C3)C1)C2. The number of aliphatic hydroxyl groups excluding tert-OH is 1. The summed E-state index contributed by atoms with van der Waals surface area (Å²) in [5, 5.41) is 12.7. The van der Waals surface area contributed by atoms with Crippen LogP contribution in [0.3, 0.4) is 0 Å². The van der Waals surface area contributed by atoms with E-state index in [0.717, 1.165) is 37.5 Å². The molecule has 4 aliphatic carbocycles. The molecule has 120 valence electrons. The third-order valence-electron chi connectivity index (χ3n) is 6.15. The van der Waals surface area contributed by atoms with Crippen molar-refractivity contribution in [3.05, 3.63) is 0 Å². The molecule has 4 bridgehead atoms. The molecular weight excluding hydrogens is 262 g/mol. The van der Waals surface area contributed by atoms with Crippen LogP contribution in [-0.4, -0.2) is 23.7 Å². The average molecular weight is 293 g/mol. The van der Waals surface area contributed by atoms with Gasteiger partial charge in [0.1, 0.15) is 0 Å². The molecule has 3 heteroatoms. The fourth-order valence-corrected chi connectivity index (χ4v) is 6.07. The summed E-state index contributed by atoms with van der Waals surface area (Å²) in [6, 6.07) is -0.0710. The van der Waals surface area contributed by atoms with Crippen LogP contribution in [-0.2, 0) is 4.79 Å². The van der Waals surface area contributed by atoms with Crippen LogP contribution in [0.4, 0.5) is 0 Å². The largest absolute Gasteiger partial charge is 0.394 e. The topological polar surface area (TPSA) is 49.3 Å². The van der Waals surface area contributed by atoms with E-state index in [9.17, 15) is 9.90 Å². The van der Waals surface area contributed by atoms with Crippen molar-refractivity contribution in [1.29, 1.82) is 0 Å². The molecule has 4 aliphatic rings. The molecule has 21 heavy (non-hydrogen) atoms. The van der Waals surface area contributed by atoms with E-state index >= 15 is 0 Å². The number of amides is 1. The van der Waals surface area contributed by atoms with Gasteiger partial charge in [0.2, 0.25) is 5.91 Å². The van der Waals surface area contributed by atoms with Crippen LogP contribution in [0.1, 0.15) is 65.7 Å². The summed E-state index contributed by atoms with van der Waals surface area (Å²) >= 11 is 0. The standard InChI is InChI=1S/C18H31NO2/c1-12(2)4-15(10-20)19-16(21)18-8-13-5-14(9-18)7-17(3,6-13)11-18/h12-15,20H,4-11H2,1-3H3,(H,19,21). The van der Waals surface area contributed by atoms with Gasteiger partial charge in [0.15, 0.2) is 0 Å². The molecule has 0 aromatic rings. The predicted octanol–water partition coefficient (Wildman–Crippen LogP) is 3.12. The summed E-state index contributed by atoms with van der Waals surface area (Å²) in [5.41, 5.74) is 0.275. The second kappa shape index (κ2) is 5.26. The minimum Gasteiger partial charge on any atom is -0.394 e. The third-order valence-corrected chi connectivity index (χ3v) is 6.15. The van der Waals surface area contributed by atoms with Crippen LogP contribution in [0.5, 0.6) is 0 Å². The van der Waals surface area contributed by atoms with E-state index < -0.39 is 0 Å². The molecule has 2 N–H and O–H groups in total. The Hall–Kier alpha value is -0.570. The van der Waals surface area contributed by atoms with Gasteiger partial charge in [-0.05, 0) is 68.1 Å². The molecule has 0 aromatic carbocycles. The summed E-state index contributed by atoms with van der Waals surface area (Å²) in [5.74, 6) is 2.26. The Morgan fingerprint density at radius 3 is 2.33 bits per heavy atom. The van der Waals surface area contributed by atoms with E-state index in [-0.39, 0.29) is 24.0 Å². The molecule has 0 aliphatic heterocycles. The summed E-state index contributed by atoms with van der Waals surface area (Å²) in [6.45, 7) is 6.73. The summed E-state index contributed by atoms with van der Waals surface area (Å²) in [4.78, 5) is 13.0. The molecule has 4 saturated carbocycles. The zero-order valence-corrected chi connectivity index (χ0v) is 13.8. The lowest BCUT2D eigenvalue weighted by atomic mass is 9.44. The molecule has 0 spiro atoms. The van der Waals surface area contributed by atoms with Gasteiger partial charge in [-0.3, -0.25) is 4.79 Å². The fourth-order valence-electron chi connectivity index (χ4n) is 6.07. The van der Waals surface area contributed by atoms with Gasteiger partial charge in [-0.25, -0.2) is 0 Å². The maximum atomic E-state index is 13.0. The highest BCUT2D eigenvalue weighted by Gasteiger charge is 2.58. The van der Waals surface area contributed by atoms with Gasteiger partial charge in [-0.2, -0.15) is 0 Å². The molecule has 0 saturated heterocycles. The number of aliphatic hydroxyl groups is 1. The van der Waals surface area contributed by atoms with Crippen LogP contribution >= 0.6 is 0 Å². The first-order chi connectivity index (χ1) is 9.84. The number of carbonyl (C=O) groups excluding carboxylic acids is 1. The minimum atomic E-state index is -0.122. The van der Waals surface area contributed by atoms with Gasteiger partial charge in [-0.1, -0.05) is 20.8 Å². The number of carbonyl (C=O) groups is 1. The van der Waals surface area contributed by atoms with Gasteiger partial charge in [0.05, 0.1) is 18.1 Å². The maximum Gasteiger partial charge on any atom is 0.226 e. The van der Waals surface area contributed by atoms with Crippen molar-refractivity contribution in [3.63, 3.8) is 0 Å². The van der Waals surface area contributed by atoms with Crippen molar-refractivity contribution in [2.75, 3.05) is 6.61 Å². The summed E-state index contributed by atoms with van der Waals surface area (Å²) in [7, 11) is 0. The Morgan fingerprint density at radius 1 is 1.24 bits per heavy atom. The fraction of sp³-hybridized carbons (Fsp3) is 0.944. The normalized spacial score (nSPS) is 42.3. The molecular formula is C18H31NO2. The quantitative estimate of drug-likeness (QED) is 0.818. The van der Waals surface area contributed by atoms with Crippen LogP contribution in [0.2, 0.25) is 0 Å². The van der Waals surface area contributed by atoms with Crippen molar-refractivity contribution in [2.24, 2.45) is 28.6 Å². The smallest absolute Gasteiger partial charge is 0.226 e. The van der Waals surface area contributed by atoms with Crippen molar-refractivity contribution >= 4 is 5.91 Å². The van der Waals surface area contributed by atoms with Crippen LogP contribution in [0, 0.1) is 28.6 Å². The van der Waals surface area contributed by atoms with Crippen LogP contribution < -0.4 is 5.32 Å². The summed E-state index contributed by atoms with van der Waals surface area (Å²) in [6.07, 6.45) is 8.11. The number of rotatable bonds is 5. The average Bonchev–Trinajstić information content (AvgIpc) is 2.34. The number of hydrogen-bond acceptors (Lipinski definition) is 2. The maximum absolute atomic E-state index is 13.0. The Balaban J connectivity index is 1.72. The zero-order chi connectivity index (χ0) is 15.3. The lowest BCUT2D eigenvalue weighted by molar-refractivity contribution is -0.156. The second-order valence-corrected chi connectivity index (χ2v) is 9.03. The van der Waals surface area contributed by atoms with E-state index in [0.29, 0.717) is 11.3 Å². The molecule has 3 nitrogen and oxygen atoms in total. The van der Waals surface area contributed by atoms with E-state index in [1.807, 2.05) is 0 Å². The Bertz CT molecular complexity index is 403. The van der Waals surface area contributed by atoms with Crippen LogP contribution in [0.25, 0.3) is 0 Å². The Morgan fingerprint density at radius 2 is 1.86 bits per heavy atom. The minimum absolute atomic E-state index is 0.0596. The van der Waals surface area contributed by atoms with Crippen molar-refractivity contribution in [1.82, 2.24) is 5.32 Å². The predicted molar refractivity (Wildman–Crippen MR) is 83.7 cm³/mol. The third kappa shape index (κ3) is 2.86. The molecule has 1 amide bonds. The lowest BCUT2D eigenvalue weighted by Gasteiger charge is -2.60. The van der Waals surface area contributed by atoms with E-state index in [1.54, 1.807) is 0 Å². The Labute approximate surface area is 128 Å². The monoisotopic (exact) mass is 293 g/mol. The molecule has 4 fully saturated rings.